The molecule has 2 aliphatic heterocycles. The average Bonchev–Trinajstić information content (AvgIpc) is 3.40. The van der Waals surface area contributed by atoms with E-state index in [1.54, 1.807) is 17.5 Å². The van der Waals surface area contributed by atoms with Crippen LogP contribution >= 0.6 is 11.3 Å². The summed E-state index contributed by atoms with van der Waals surface area (Å²) in [5.74, 6) is 0. The molecule has 200 valence electrons. The molecule has 0 spiro atoms. The zero-order valence-electron chi connectivity index (χ0n) is 19.8. The van der Waals surface area contributed by atoms with Crippen LogP contribution in [0, 0.1) is 0 Å². The molecule has 0 radical (unpaired) electrons. The van der Waals surface area contributed by atoms with Gasteiger partial charge in [-0.1, -0.05) is 18.2 Å². The van der Waals surface area contributed by atoms with Crippen molar-refractivity contribution in [2.24, 2.45) is 0 Å². The standard InChI is InChI=1S/C23H30F3N3O5S2/c1-22(31,23(24,25)26)17-4-6-18(7-5-17)29-9-8-28(36(32,33)21-3-2-12-35-21)14-19(29)13-27-10-11-34-20(15-27)16-30/h2-7,12,19-20,30-31H,8-11,13-16H2,1H3. The van der Waals surface area contributed by atoms with E-state index in [2.05, 4.69) is 4.90 Å². The number of sulfonamides is 1. The molecule has 2 N–H and O–H groups in total. The molecular formula is C23H30F3N3O5S2. The summed E-state index contributed by atoms with van der Waals surface area (Å²) in [5.41, 5.74) is -2.61. The van der Waals surface area contributed by atoms with Gasteiger partial charge in [0.2, 0.25) is 0 Å². The van der Waals surface area contributed by atoms with E-state index in [9.17, 15) is 31.8 Å². The molecule has 2 fully saturated rings. The number of nitrogens with zero attached hydrogens (tertiary/aromatic N) is 3. The van der Waals surface area contributed by atoms with Crippen molar-refractivity contribution >= 4 is 27.0 Å². The molecule has 4 rings (SSSR count). The Labute approximate surface area is 212 Å². The largest absolute Gasteiger partial charge is 0.421 e. The SMILES string of the molecule is CC(O)(c1ccc(N2CCN(S(=O)(=O)c3cccs3)CC2CN2CCOC(CO)C2)cc1)C(F)(F)F. The second-order valence-corrected chi connectivity index (χ2v) is 12.3. The lowest BCUT2D eigenvalue weighted by molar-refractivity contribution is -0.258. The Bertz CT molecular complexity index is 1110. The monoisotopic (exact) mass is 549 g/mol. The van der Waals surface area contributed by atoms with Gasteiger partial charge in [0.1, 0.15) is 4.21 Å². The molecule has 0 amide bonds. The predicted molar refractivity (Wildman–Crippen MR) is 130 cm³/mol. The molecule has 3 heterocycles. The number of piperazine rings is 1. The molecule has 0 saturated carbocycles. The van der Waals surface area contributed by atoms with E-state index in [0.29, 0.717) is 38.5 Å². The number of benzene rings is 1. The Morgan fingerprint density at radius 1 is 1.11 bits per heavy atom. The van der Waals surface area contributed by atoms with Crippen LogP contribution < -0.4 is 4.90 Å². The van der Waals surface area contributed by atoms with Crippen LogP contribution in [0.5, 0.6) is 0 Å². The Kier molecular flexibility index (Phi) is 8.01. The molecule has 3 atom stereocenters. The summed E-state index contributed by atoms with van der Waals surface area (Å²) < 4.78 is 73.5. The Morgan fingerprint density at radius 2 is 1.83 bits per heavy atom. The summed E-state index contributed by atoms with van der Waals surface area (Å²) in [6.07, 6.45) is -5.15. The van der Waals surface area contributed by atoms with Gasteiger partial charge in [-0.3, -0.25) is 4.90 Å². The van der Waals surface area contributed by atoms with Gasteiger partial charge in [0.15, 0.2) is 5.60 Å². The summed E-state index contributed by atoms with van der Waals surface area (Å²) in [4.78, 5) is 4.10. The molecule has 8 nitrogen and oxygen atoms in total. The first kappa shape index (κ1) is 27.3. The van der Waals surface area contributed by atoms with Gasteiger partial charge >= 0.3 is 6.18 Å². The van der Waals surface area contributed by atoms with Crippen LogP contribution in [0.25, 0.3) is 0 Å². The number of hydrogen-bond donors (Lipinski definition) is 2. The highest BCUT2D eigenvalue weighted by molar-refractivity contribution is 7.91. The average molecular weight is 550 g/mol. The molecule has 0 bridgehead atoms. The van der Waals surface area contributed by atoms with Gasteiger partial charge in [0.25, 0.3) is 10.0 Å². The van der Waals surface area contributed by atoms with Gasteiger partial charge < -0.3 is 19.8 Å². The number of ether oxygens (including phenoxy) is 1. The number of aliphatic hydroxyl groups excluding tert-OH is 1. The lowest BCUT2D eigenvalue weighted by Crippen LogP contribution is -2.59. The van der Waals surface area contributed by atoms with E-state index in [1.165, 1.54) is 28.6 Å². The summed E-state index contributed by atoms with van der Waals surface area (Å²) in [5, 5.41) is 21.2. The number of thiophene rings is 1. The molecule has 3 unspecified atom stereocenters. The van der Waals surface area contributed by atoms with Crippen molar-refractivity contribution in [1.82, 2.24) is 9.21 Å². The molecule has 1 aromatic heterocycles. The van der Waals surface area contributed by atoms with Crippen molar-refractivity contribution in [3.8, 4) is 0 Å². The van der Waals surface area contributed by atoms with Crippen molar-refractivity contribution in [3.63, 3.8) is 0 Å². The van der Waals surface area contributed by atoms with Crippen LogP contribution in [-0.2, 0) is 20.4 Å². The third-order valence-corrected chi connectivity index (χ3v) is 9.98. The molecular weight excluding hydrogens is 519 g/mol. The number of anilines is 1. The first-order valence-corrected chi connectivity index (χ1v) is 13.9. The van der Waals surface area contributed by atoms with Gasteiger partial charge in [-0.2, -0.15) is 17.5 Å². The maximum Gasteiger partial charge on any atom is 0.421 e. The molecule has 36 heavy (non-hydrogen) atoms. The second kappa shape index (κ2) is 10.6. The third kappa shape index (κ3) is 5.57. The van der Waals surface area contributed by atoms with E-state index < -0.39 is 21.8 Å². The first-order valence-electron chi connectivity index (χ1n) is 11.6. The first-order chi connectivity index (χ1) is 16.9. The van der Waals surface area contributed by atoms with E-state index in [0.717, 1.165) is 18.3 Å². The second-order valence-electron chi connectivity index (χ2n) is 9.19. The van der Waals surface area contributed by atoms with E-state index in [1.807, 2.05) is 4.90 Å². The predicted octanol–water partition coefficient (Wildman–Crippen LogP) is 2.09. The Balaban J connectivity index is 1.59. The lowest BCUT2D eigenvalue weighted by Gasteiger charge is -2.45. The highest BCUT2D eigenvalue weighted by Crippen LogP contribution is 2.39. The normalized spacial score (nSPS) is 24.6. The summed E-state index contributed by atoms with van der Waals surface area (Å²) in [6, 6.07) is 8.53. The molecule has 0 aliphatic carbocycles. The number of aliphatic hydroxyl groups is 2. The highest BCUT2D eigenvalue weighted by Gasteiger charge is 2.51. The summed E-state index contributed by atoms with van der Waals surface area (Å²) in [7, 11) is -3.67. The van der Waals surface area contributed by atoms with Crippen LogP contribution in [0.4, 0.5) is 18.9 Å². The lowest BCUT2D eigenvalue weighted by atomic mass is 9.95. The molecule has 2 aliphatic rings. The maximum atomic E-state index is 13.3. The smallest absolute Gasteiger partial charge is 0.394 e. The van der Waals surface area contributed by atoms with Crippen molar-refractivity contribution in [3.05, 3.63) is 47.3 Å². The fourth-order valence-corrected chi connectivity index (χ4v) is 7.19. The van der Waals surface area contributed by atoms with Crippen LogP contribution in [0.1, 0.15) is 12.5 Å². The molecule has 13 heteroatoms. The van der Waals surface area contributed by atoms with Crippen LogP contribution in [0.3, 0.4) is 0 Å². The Morgan fingerprint density at radius 3 is 2.44 bits per heavy atom. The van der Waals surface area contributed by atoms with Gasteiger partial charge in [0, 0.05) is 45.0 Å². The van der Waals surface area contributed by atoms with E-state index >= 15 is 0 Å². The summed E-state index contributed by atoms with van der Waals surface area (Å²) >= 11 is 1.15. The van der Waals surface area contributed by atoms with Gasteiger partial charge in [-0.15, -0.1) is 11.3 Å². The quantitative estimate of drug-likeness (QED) is 0.547. The highest BCUT2D eigenvalue weighted by atomic mass is 32.2. The maximum absolute atomic E-state index is 13.3. The minimum Gasteiger partial charge on any atom is -0.394 e. The third-order valence-electron chi connectivity index (χ3n) is 6.74. The van der Waals surface area contributed by atoms with Crippen molar-refractivity contribution in [2.75, 3.05) is 57.4 Å². The molecule has 1 aromatic carbocycles. The zero-order chi connectivity index (χ0) is 26.1. The van der Waals surface area contributed by atoms with Gasteiger partial charge in [0.05, 0.1) is 25.4 Å². The number of halogens is 3. The molecule has 2 saturated heterocycles. The minimum absolute atomic E-state index is 0.121. The number of rotatable bonds is 7. The van der Waals surface area contributed by atoms with Crippen LogP contribution in [0.15, 0.2) is 46.0 Å². The number of morpholine rings is 1. The van der Waals surface area contributed by atoms with Crippen LogP contribution in [-0.4, -0.2) is 98.6 Å². The molecule has 2 aromatic rings. The van der Waals surface area contributed by atoms with Crippen molar-refractivity contribution in [1.29, 1.82) is 0 Å². The van der Waals surface area contributed by atoms with E-state index in [4.69, 9.17) is 4.74 Å². The topological polar surface area (TPSA) is 93.6 Å². The van der Waals surface area contributed by atoms with Gasteiger partial charge in [-0.05, 0) is 36.1 Å². The van der Waals surface area contributed by atoms with Crippen LogP contribution in [0.2, 0.25) is 0 Å². The fourth-order valence-electron chi connectivity index (χ4n) is 4.57. The fraction of sp³-hybridized carbons (Fsp3) is 0.565. The zero-order valence-corrected chi connectivity index (χ0v) is 21.4. The van der Waals surface area contributed by atoms with Gasteiger partial charge in [-0.25, -0.2) is 8.42 Å². The number of alkyl halides is 3. The minimum atomic E-state index is -4.82. The van der Waals surface area contributed by atoms with Crippen molar-refractivity contribution < 1.29 is 36.5 Å². The summed E-state index contributed by atoms with van der Waals surface area (Å²) in [6.45, 7) is 3.40. The van der Waals surface area contributed by atoms with E-state index in [-0.39, 0.29) is 41.6 Å². The van der Waals surface area contributed by atoms with Crippen molar-refractivity contribution in [2.45, 2.75) is 35.1 Å². The number of hydrogen-bond acceptors (Lipinski definition) is 8. The Hall–Kier alpha value is -1.74.